The summed E-state index contributed by atoms with van der Waals surface area (Å²) in [7, 11) is -0.298. The number of rotatable bonds is 2. The number of fused-ring (bicyclic) bond motifs is 1. The Kier molecular flexibility index (Phi) is 4.15. The highest BCUT2D eigenvalue weighted by Gasteiger charge is 2.54. The minimum atomic E-state index is -0.324. The molecule has 0 unspecified atom stereocenters. The van der Waals surface area contributed by atoms with E-state index in [1.54, 1.807) is 18.2 Å². The van der Waals surface area contributed by atoms with Crippen LogP contribution in [0.5, 0.6) is 5.75 Å². The number of carbonyl (C=O) groups excluding carboxylic acids is 2. The van der Waals surface area contributed by atoms with E-state index >= 15 is 0 Å². The van der Waals surface area contributed by atoms with Crippen LogP contribution in [0.1, 0.15) is 50.9 Å². The number of hydrogen-bond acceptors (Lipinski definition) is 5. The number of hydrogen-bond donors (Lipinski definition) is 1. The maximum absolute atomic E-state index is 12.8. The molecule has 2 saturated heterocycles. The molecule has 2 amide bonds. The third-order valence-electron chi connectivity index (χ3n) is 7.05. The Morgan fingerprint density at radius 2 is 1.80 bits per heavy atom. The summed E-state index contributed by atoms with van der Waals surface area (Å²) in [5.41, 5.74) is 2.01. The van der Waals surface area contributed by atoms with E-state index in [2.05, 4.69) is 39.0 Å². The Morgan fingerprint density at radius 3 is 2.47 bits per heavy atom. The van der Waals surface area contributed by atoms with Crippen LogP contribution >= 0.6 is 0 Å². The molecule has 0 atom stereocenters. The molecule has 1 aromatic carbocycles. The van der Waals surface area contributed by atoms with E-state index in [1.807, 2.05) is 4.90 Å². The Balaban J connectivity index is 1.17. The van der Waals surface area contributed by atoms with Crippen molar-refractivity contribution in [3.63, 3.8) is 0 Å². The molecule has 30 heavy (non-hydrogen) atoms. The van der Waals surface area contributed by atoms with Gasteiger partial charge in [-0.2, -0.15) is 0 Å². The first-order valence-electron chi connectivity index (χ1n) is 10.5. The molecule has 158 valence electrons. The van der Waals surface area contributed by atoms with Gasteiger partial charge in [-0.05, 0) is 58.7 Å². The maximum Gasteiger partial charge on any atom is 0.487 e. The van der Waals surface area contributed by atoms with Crippen molar-refractivity contribution in [2.45, 2.75) is 51.7 Å². The van der Waals surface area contributed by atoms with Gasteiger partial charge in [0.2, 0.25) is 0 Å². The normalized spacial score (nSPS) is 25.1. The summed E-state index contributed by atoms with van der Waals surface area (Å²) in [6.45, 7) is 9.75. The third-order valence-corrected chi connectivity index (χ3v) is 7.05. The minimum Gasteiger partial charge on any atom is -0.482 e. The quantitative estimate of drug-likeness (QED) is 0.759. The number of benzene rings is 1. The average Bonchev–Trinajstić information content (AvgIpc) is 2.81. The molecule has 5 rings (SSSR count). The molecule has 4 aliphatic rings. The SMILES string of the molecule is CC1(C)OB(C=C2CC3(C2)CN(C(=O)c2ccc4c(c2)NC(=O)CO4)C3)OC1(C)C. The fourth-order valence-electron chi connectivity index (χ4n) is 4.71. The van der Waals surface area contributed by atoms with Gasteiger partial charge in [0.1, 0.15) is 5.75 Å². The molecule has 7 nitrogen and oxygen atoms in total. The lowest BCUT2D eigenvalue weighted by molar-refractivity contribution is -0.118. The summed E-state index contributed by atoms with van der Waals surface area (Å²) in [6, 6.07) is 5.20. The van der Waals surface area contributed by atoms with E-state index in [-0.39, 0.29) is 42.2 Å². The second-order valence-corrected chi connectivity index (χ2v) is 10.0. The second kappa shape index (κ2) is 6.34. The molecule has 1 saturated carbocycles. The van der Waals surface area contributed by atoms with Crippen molar-refractivity contribution in [1.29, 1.82) is 0 Å². The number of allylic oxidation sites excluding steroid dienone is 1. The highest BCUT2D eigenvalue weighted by atomic mass is 16.7. The van der Waals surface area contributed by atoms with Gasteiger partial charge in [-0.1, -0.05) is 11.5 Å². The first-order valence-corrected chi connectivity index (χ1v) is 10.5. The molecule has 1 aromatic rings. The van der Waals surface area contributed by atoms with Gasteiger partial charge < -0.3 is 24.3 Å². The van der Waals surface area contributed by atoms with Crippen LogP contribution in [0.2, 0.25) is 0 Å². The molecule has 1 N–H and O–H groups in total. The van der Waals surface area contributed by atoms with Gasteiger partial charge in [-0.15, -0.1) is 0 Å². The van der Waals surface area contributed by atoms with Crippen molar-refractivity contribution in [2.75, 3.05) is 25.0 Å². The van der Waals surface area contributed by atoms with Crippen LogP contribution < -0.4 is 10.1 Å². The minimum absolute atomic E-state index is 0.00774. The summed E-state index contributed by atoms with van der Waals surface area (Å²) in [6.07, 6.45) is 1.96. The van der Waals surface area contributed by atoms with Crippen molar-refractivity contribution in [2.24, 2.45) is 5.41 Å². The zero-order chi connectivity index (χ0) is 21.3. The Morgan fingerprint density at radius 1 is 1.13 bits per heavy atom. The van der Waals surface area contributed by atoms with Gasteiger partial charge >= 0.3 is 7.12 Å². The van der Waals surface area contributed by atoms with Crippen LogP contribution in [0.15, 0.2) is 29.7 Å². The first kappa shape index (κ1) is 19.6. The van der Waals surface area contributed by atoms with Crippen molar-refractivity contribution >= 4 is 24.6 Å². The molecular weight excluding hydrogens is 383 g/mol. The number of nitrogens with zero attached hydrogens (tertiary/aromatic N) is 1. The lowest BCUT2D eigenvalue weighted by Crippen LogP contribution is -2.62. The van der Waals surface area contributed by atoms with E-state index in [4.69, 9.17) is 14.0 Å². The van der Waals surface area contributed by atoms with Crippen molar-refractivity contribution in [3.8, 4) is 5.75 Å². The van der Waals surface area contributed by atoms with E-state index < -0.39 is 0 Å². The van der Waals surface area contributed by atoms with Gasteiger partial charge in [0.25, 0.3) is 11.8 Å². The fraction of sp³-hybridized carbons (Fsp3) is 0.545. The lowest BCUT2D eigenvalue weighted by atomic mass is 9.59. The number of nitrogens with one attached hydrogen (secondary N) is 1. The topological polar surface area (TPSA) is 77.1 Å². The number of carbonyl (C=O) groups is 2. The van der Waals surface area contributed by atoms with Crippen molar-refractivity contribution in [1.82, 2.24) is 4.90 Å². The van der Waals surface area contributed by atoms with Gasteiger partial charge in [0, 0.05) is 24.1 Å². The Labute approximate surface area is 176 Å². The van der Waals surface area contributed by atoms with E-state index in [0.29, 0.717) is 17.0 Å². The number of amides is 2. The van der Waals surface area contributed by atoms with Gasteiger partial charge in [0.15, 0.2) is 6.61 Å². The zero-order valence-corrected chi connectivity index (χ0v) is 17.9. The number of likely N-dealkylation sites (tertiary alicyclic amines) is 1. The molecule has 0 aromatic heterocycles. The van der Waals surface area contributed by atoms with E-state index in [0.717, 1.165) is 25.9 Å². The van der Waals surface area contributed by atoms with Crippen molar-refractivity contribution < 1.29 is 23.6 Å². The standard InChI is InChI=1S/C22H27BN2O5/c1-20(2)21(3,4)30-23(29-20)10-14-8-22(9-14)12-25(13-22)19(27)15-5-6-17-16(7-15)24-18(26)11-28-17/h5-7,10H,8-9,11-13H2,1-4H3,(H,24,26). The Hall–Kier alpha value is -2.32. The van der Waals surface area contributed by atoms with Crippen LogP contribution in [0, 0.1) is 5.41 Å². The second-order valence-electron chi connectivity index (χ2n) is 10.0. The largest absolute Gasteiger partial charge is 0.487 e. The van der Waals surface area contributed by atoms with Crippen LogP contribution in [0.25, 0.3) is 0 Å². The van der Waals surface area contributed by atoms with Crippen molar-refractivity contribution in [3.05, 3.63) is 35.3 Å². The zero-order valence-electron chi connectivity index (χ0n) is 17.9. The number of anilines is 1. The molecule has 3 heterocycles. The molecule has 3 fully saturated rings. The lowest BCUT2D eigenvalue weighted by Gasteiger charge is -2.57. The van der Waals surface area contributed by atoms with Gasteiger partial charge in [0.05, 0.1) is 16.9 Å². The van der Waals surface area contributed by atoms with Crippen LogP contribution in [0.3, 0.4) is 0 Å². The highest BCUT2D eigenvalue weighted by molar-refractivity contribution is 6.51. The molecule has 0 radical (unpaired) electrons. The third kappa shape index (κ3) is 3.13. The first-order chi connectivity index (χ1) is 14.1. The summed E-state index contributed by atoms with van der Waals surface area (Å²) in [4.78, 5) is 26.2. The summed E-state index contributed by atoms with van der Waals surface area (Å²) < 4.78 is 17.5. The maximum atomic E-state index is 12.8. The molecular formula is C22H27BN2O5. The molecule has 3 aliphatic heterocycles. The predicted molar refractivity (Wildman–Crippen MR) is 112 cm³/mol. The number of ether oxygens (including phenoxy) is 1. The summed E-state index contributed by atoms with van der Waals surface area (Å²) >= 11 is 0. The van der Waals surface area contributed by atoms with E-state index in [1.165, 1.54) is 5.57 Å². The highest BCUT2D eigenvalue weighted by Crippen LogP contribution is 2.52. The van der Waals surface area contributed by atoms with Gasteiger partial charge in [-0.25, -0.2) is 0 Å². The van der Waals surface area contributed by atoms with E-state index in [9.17, 15) is 9.59 Å². The molecule has 1 aliphatic carbocycles. The smallest absolute Gasteiger partial charge is 0.482 e. The van der Waals surface area contributed by atoms with Crippen LogP contribution in [-0.4, -0.2) is 54.7 Å². The molecule has 0 bridgehead atoms. The molecule has 8 heteroatoms. The Bertz CT molecular complexity index is 938. The molecule has 1 spiro atoms. The fourth-order valence-corrected chi connectivity index (χ4v) is 4.71. The predicted octanol–water partition coefficient (Wildman–Crippen LogP) is 2.81. The monoisotopic (exact) mass is 410 g/mol. The van der Waals surface area contributed by atoms with Crippen LogP contribution in [-0.2, 0) is 14.1 Å². The van der Waals surface area contributed by atoms with Gasteiger partial charge in [-0.3, -0.25) is 9.59 Å². The summed E-state index contributed by atoms with van der Waals surface area (Å²) in [5, 5.41) is 2.75. The summed E-state index contributed by atoms with van der Waals surface area (Å²) in [5.74, 6) is 2.50. The average molecular weight is 410 g/mol. The van der Waals surface area contributed by atoms with Crippen LogP contribution in [0.4, 0.5) is 5.69 Å².